The predicted octanol–water partition coefficient (Wildman–Crippen LogP) is 1.52. The minimum atomic E-state index is -0.636. The molecule has 4 heteroatoms. The molecule has 0 saturated heterocycles. The number of halogens is 1. The Morgan fingerprint density at radius 3 is 2.92 bits per heavy atom. The molecular weight excluding hydrogens is 222 g/mol. The number of nitrogens with zero attached hydrogens (tertiary/aromatic N) is 1. The molecule has 0 aliphatic heterocycles. The Labute approximate surface area is 79.5 Å². The highest BCUT2D eigenvalue weighted by atomic mass is 79.9. The average Bonchev–Trinajstić information content (AvgIpc) is 2.06. The summed E-state index contributed by atoms with van der Waals surface area (Å²) in [5, 5.41) is 9.41. The first kappa shape index (κ1) is 9.64. The third-order valence-corrected chi connectivity index (χ3v) is 1.89. The Balaban J connectivity index is 2.68. The Morgan fingerprint density at radius 1 is 1.67 bits per heavy atom. The lowest BCUT2D eigenvalue weighted by Gasteiger charge is -2.07. The number of hydrogen-bond acceptors (Lipinski definition) is 3. The molecule has 1 rings (SSSR count). The summed E-state index contributed by atoms with van der Waals surface area (Å²) in [5.41, 5.74) is 0.625. The molecule has 0 aromatic carbocycles. The Morgan fingerprint density at radius 2 is 2.42 bits per heavy atom. The van der Waals surface area contributed by atoms with Crippen LogP contribution in [0.1, 0.15) is 11.8 Å². The lowest BCUT2D eigenvalue weighted by atomic mass is 10.2. The van der Waals surface area contributed by atoms with Gasteiger partial charge in [-0.05, 0) is 28.1 Å². The van der Waals surface area contributed by atoms with Crippen LogP contribution in [0.4, 0.5) is 0 Å². The van der Waals surface area contributed by atoms with E-state index in [-0.39, 0.29) is 6.61 Å². The van der Waals surface area contributed by atoms with E-state index in [1.807, 2.05) is 6.07 Å². The highest BCUT2D eigenvalue weighted by Crippen LogP contribution is 2.13. The first-order valence-electron chi connectivity index (χ1n) is 3.52. The fraction of sp³-hybridized carbons (Fsp3) is 0.375. The molecule has 0 aliphatic rings. The molecule has 0 unspecified atom stereocenters. The van der Waals surface area contributed by atoms with Crippen LogP contribution in [0.25, 0.3) is 0 Å². The minimum absolute atomic E-state index is 0.272. The molecule has 1 aromatic heterocycles. The van der Waals surface area contributed by atoms with Gasteiger partial charge in [0.25, 0.3) is 0 Å². The van der Waals surface area contributed by atoms with Crippen molar-refractivity contribution in [2.45, 2.75) is 6.10 Å². The van der Waals surface area contributed by atoms with Crippen molar-refractivity contribution in [2.24, 2.45) is 0 Å². The molecular formula is C8H10BrNO2. The van der Waals surface area contributed by atoms with Gasteiger partial charge in [0, 0.05) is 17.8 Å². The normalized spacial score (nSPS) is 12.9. The largest absolute Gasteiger partial charge is 0.384 e. The van der Waals surface area contributed by atoms with Gasteiger partial charge in [-0.3, -0.25) is 4.98 Å². The van der Waals surface area contributed by atoms with Crippen molar-refractivity contribution in [1.82, 2.24) is 4.98 Å². The van der Waals surface area contributed by atoms with Crippen molar-refractivity contribution >= 4 is 15.9 Å². The van der Waals surface area contributed by atoms with Gasteiger partial charge in [0.15, 0.2) is 0 Å². The molecule has 1 aromatic rings. The zero-order chi connectivity index (χ0) is 8.97. The second kappa shape index (κ2) is 4.54. The van der Waals surface area contributed by atoms with E-state index in [2.05, 4.69) is 20.9 Å². The maximum absolute atomic E-state index is 9.41. The van der Waals surface area contributed by atoms with Gasteiger partial charge in [-0.25, -0.2) is 0 Å². The van der Waals surface area contributed by atoms with Gasteiger partial charge < -0.3 is 9.84 Å². The number of aromatic nitrogens is 1. The molecule has 0 aliphatic carbocycles. The Bertz CT molecular complexity index is 237. The van der Waals surface area contributed by atoms with E-state index in [4.69, 9.17) is 4.74 Å². The second-order valence-electron chi connectivity index (χ2n) is 2.37. The topological polar surface area (TPSA) is 42.4 Å². The predicted molar refractivity (Wildman–Crippen MR) is 48.8 cm³/mol. The van der Waals surface area contributed by atoms with E-state index in [1.54, 1.807) is 19.4 Å². The quantitative estimate of drug-likeness (QED) is 0.859. The fourth-order valence-corrected chi connectivity index (χ4v) is 1.06. The minimum Gasteiger partial charge on any atom is -0.384 e. The van der Waals surface area contributed by atoms with Crippen molar-refractivity contribution in [3.05, 3.63) is 28.5 Å². The van der Waals surface area contributed by atoms with Crippen molar-refractivity contribution in [2.75, 3.05) is 13.7 Å². The van der Waals surface area contributed by atoms with Crippen LogP contribution in [0.5, 0.6) is 0 Å². The van der Waals surface area contributed by atoms with E-state index >= 15 is 0 Å². The molecule has 0 radical (unpaired) electrons. The Kier molecular flexibility index (Phi) is 3.65. The van der Waals surface area contributed by atoms with Crippen LogP contribution >= 0.6 is 15.9 Å². The molecule has 1 N–H and O–H groups in total. The molecule has 12 heavy (non-hydrogen) atoms. The number of rotatable bonds is 3. The van der Waals surface area contributed by atoms with Crippen molar-refractivity contribution < 1.29 is 9.84 Å². The maximum atomic E-state index is 9.41. The summed E-state index contributed by atoms with van der Waals surface area (Å²) in [6.07, 6.45) is 1.01. The van der Waals surface area contributed by atoms with Crippen molar-refractivity contribution in [3.63, 3.8) is 0 Å². The van der Waals surface area contributed by atoms with Crippen LogP contribution in [-0.4, -0.2) is 23.8 Å². The summed E-state index contributed by atoms with van der Waals surface area (Å²) in [4.78, 5) is 4.02. The zero-order valence-electron chi connectivity index (χ0n) is 6.70. The first-order valence-corrected chi connectivity index (χ1v) is 4.32. The molecule has 66 valence electrons. The van der Waals surface area contributed by atoms with Crippen LogP contribution in [0, 0.1) is 0 Å². The number of pyridine rings is 1. The van der Waals surface area contributed by atoms with Crippen LogP contribution in [0.3, 0.4) is 0 Å². The molecule has 1 heterocycles. The number of aliphatic hydroxyl groups excluding tert-OH is 1. The third-order valence-electron chi connectivity index (χ3n) is 1.42. The number of methoxy groups -OCH3 is 1. The number of hydrogen-bond donors (Lipinski definition) is 1. The highest BCUT2D eigenvalue weighted by molar-refractivity contribution is 9.10. The van der Waals surface area contributed by atoms with Crippen molar-refractivity contribution in [3.8, 4) is 0 Å². The zero-order valence-corrected chi connectivity index (χ0v) is 8.28. The van der Waals surface area contributed by atoms with E-state index < -0.39 is 6.10 Å². The summed E-state index contributed by atoms with van der Waals surface area (Å²) >= 11 is 3.26. The molecule has 0 fully saturated rings. The lowest BCUT2D eigenvalue weighted by Crippen LogP contribution is -2.06. The van der Waals surface area contributed by atoms with E-state index in [9.17, 15) is 5.11 Å². The molecule has 0 bridgehead atoms. The summed E-state index contributed by atoms with van der Waals surface area (Å²) in [5.74, 6) is 0. The summed E-state index contributed by atoms with van der Waals surface area (Å²) in [7, 11) is 1.54. The molecule has 0 spiro atoms. The number of ether oxygens (including phenoxy) is 1. The van der Waals surface area contributed by atoms with Gasteiger partial charge in [0.2, 0.25) is 0 Å². The standard InChI is InChI=1S/C8H10BrNO2/c1-12-5-8(11)7-3-2-6(9)4-10-7/h2-4,8,11H,5H2,1H3/t8-/m0/s1. The van der Waals surface area contributed by atoms with Gasteiger partial charge in [0.1, 0.15) is 6.10 Å². The van der Waals surface area contributed by atoms with E-state index in [0.717, 1.165) is 4.47 Å². The van der Waals surface area contributed by atoms with Gasteiger partial charge in [-0.15, -0.1) is 0 Å². The number of aliphatic hydroxyl groups is 1. The Hall–Kier alpha value is -0.450. The van der Waals surface area contributed by atoms with Crippen LogP contribution in [0.15, 0.2) is 22.8 Å². The third kappa shape index (κ3) is 2.55. The summed E-state index contributed by atoms with van der Waals surface area (Å²) in [6, 6.07) is 3.59. The monoisotopic (exact) mass is 231 g/mol. The maximum Gasteiger partial charge on any atom is 0.119 e. The summed E-state index contributed by atoms with van der Waals surface area (Å²) in [6.45, 7) is 0.272. The van der Waals surface area contributed by atoms with Crippen LogP contribution in [-0.2, 0) is 4.74 Å². The molecule has 3 nitrogen and oxygen atoms in total. The van der Waals surface area contributed by atoms with Crippen LogP contribution in [0.2, 0.25) is 0 Å². The molecule has 0 saturated carbocycles. The van der Waals surface area contributed by atoms with Gasteiger partial charge in [-0.1, -0.05) is 0 Å². The highest BCUT2D eigenvalue weighted by Gasteiger charge is 2.07. The molecule has 0 amide bonds. The van der Waals surface area contributed by atoms with E-state index in [0.29, 0.717) is 5.69 Å². The van der Waals surface area contributed by atoms with Gasteiger partial charge >= 0.3 is 0 Å². The van der Waals surface area contributed by atoms with Crippen molar-refractivity contribution in [1.29, 1.82) is 0 Å². The molecule has 1 atom stereocenters. The van der Waals surface area contributed by atoms with Gasteiger partial charge in [-0.2, -0.15) is 0 Å². The van der Waals surface area contributed by atoms with Crippen LogP contribution < -0.4 is 0 Å². The smallest absolute Gasteiger partial charge is 0.119 e. The van der Waals surface area contributed by atoms with Gasteiger partial charge in [0.05, 0.1) is 12.3 Å². The van der Waals surface area contributed by atoms with E-state index in [1.165, 1.54) is 0 Å². The summed E-state index contributed by atoms with van der Waals surface area (Å²) < 4.78 is 5.69. The second-order valence-corrected chi connectivity index (χ2v) is 3.29. The lowest BCUT2D eigenvalue weighted by molar-refractivity contribution is 0.0617. The fourth-order valence-electron chi connectivity index (χ4n) is 0.828. The SMILES string of the molecule is COC[C@H](O)c1ccc(Br)cn1. The average molecular weight is 232 g/mol. The first-order chi connectivity index (χ1) is 5.74.